The molecule has 1 rings (SSSR count). The van der Waals surface area contributed by atoms with Gasteiger partial charge in [0.1, 0.15) is 0 Å². The van der Waals surface area contributed by atoms with Gasteiger partial charge >= 0.3 is 0 Å². The van der Waals surface area contributed by atoms with Gasteiger partial charge in [-0.2, -0.15) is 12.8 Å². The van der Waals surface area contributed by atoms with E-state index >= 15 is 0 Å². The molecule has 1 aromatic rings. The van der Waals surface area contributed by atoms with Crippen molar-refractivity contribution >= 4 is 0 Å². The van der Waals surface area contributed by atoms with Crippen LogP contribution in [0.1, 0.15) is 26.3 Å². The van der Waals surface area contributed by atoms with Gasteiger partial charge in [-0.1, -0.05) is 50.1 Å². The first-order valence-corrected chi connectivity index (χ1v) is 5.07. The fourth-order valence-corrected chi connectivity index (χ4v) is 1.50. The minimum absolute atomic E-state index is 0. The summed E-state index contributed by atoms with van der Waals surface area (Å²) in [5.41, 5.74) is 1.45. The summed E-state index contributed by atoms with van der Waals surface area (Å²) in [6.45, 7) is 6.75. The van der Waals surface area contributed by atoms with E-state index in [4.69, 9.17) is 0 Å². The largest absolute Gasteiger partial charge is 0.328 e. The van der Waals surface area contributed by atoms with E-state index in [1.54, 1.807) is 0 Å². The molecule has 1 radical (unpaired) electrons. The third-order valence-electron chi connectivity index (χ3n) is 2.82. The van der Waals surface area contributed by atoms with Crippen LogP contribution in [0, 0.1) is 18.3 Å². The zero-order valence-electron chi connectivity index (χ0n) is 9.40. The maximum Gasteiger partial charge on any atom is 0 e. The Labute approximate surface area is 113 Å². The van der Waals surface area contributed by atoms with Crippen LogP contribution in [-0.2, 0) is 39.1 Å². The Morgan fingerprint density at radius 3 is 2.21 bits per heavy atom. The molecule has 0 aliphatic rings. The van der Waals surface area contributed by atoms with Crippen molar-refractivity contribution in [3.8, 4) is 0 Å². The molecule has 0 saturated carbocycles. The minimum Gasteiger partial charge on any atom is -0.328 e. The average molecular weight is 264 g/mol. The summed E-state index contributed by atoms with van der Waals surface area (Å²) in [5, 5.41) is 0. The molecule has 0 heterocycles. The summed E-state index contributed by atoms with van der Waals surface area (Å²) in [5.74, 6) is 1.45. The van der Waals surface area contributed by atoms with Crippen LogP contribution < -0.4 is 0 Å². The van der Waals surface area contributed by atoms with Gasteiger partial charge in [-0.15, -0.1) is 0 Å². The fourth-order valence-electron chi connectivity index (χ4n) is 1.50. The Morgan fingerprint density at radius 2 is 1.71 bits per heavy atom. The van der Waals surface area contributed by atoms with E-state index in [2.05, 4.69) is 57.5 Å². The summed E-state index contributed by atoms with van der Waals surface area (Å²) in [7, 11) is 0. The molecule has 0 aliphatic heterocycles. The molecule has 1 heteroatoms. The summed E-state index contributed by atoms with van der Waals surface area (Å²) in [6.07, 6.45) is 3.47. The standard InChI is InChI=1S/C13H19.Y/c1-4-11(2)12(3)10-13-8-6-5-7-9-13;/h4-9,11-12H,10H2,1-3H3;/q-1;. The van der Waals surface area contributed by atoms with Crippen LogP contribution in [0.4, 0.5) is 0 Å². The predicted octanol–water partition coefficient (Wildman–Crippen LogP) is 3.72. The molecule has 2 atom stereocenters. The fraction of sp³-hybridized carbons (Fsp3) is 0.462. The molecule has 0 bridgehead atoms. The molecule has 75 valence electrons. The van der Waals surface area contributed by atoms with Crippen molar-refractivity contribution in [1.29, 1.82) is 0 Å². The van der Waals surface area contributed by atoms with Gasteiger partial charge in [0.25, 0.3) is 0 Å². The van der Waals surface area contributed by atoms with Gasteiger partial charge in [-0.3, -0.25) is 0 Å². The summed E-state index contributed by atoms with van der Waals surface area (Å²) in [4.78, 5) is 0. The summed E-state index contributed by atoms with van der Waals surface area (Å²) in [6, 6.07) is 10.7. The molecule has 2 unspecified atom stereocenters. The first kappa shape index (κ1) is 14.3. The molecular weight excluding hydrogens is 245 g/mol. The van der Waals surface area contributed by atoms with Crippen LogP contribution in [0.15, 0.2) is 30.3 Å². The monoisotopic (exact) mass is 264 g/mol. The Kier molecular flexibility index (Phi) is 7.77. The zero-order valence-corrected chi connectivity index (χ0v) is 12.2. The van der Waals surface area contributed by atoms with Crippen LogP contribution >= 0.6 is 0 Å². The van der Waals surface area contributed by atoms with Gasteiger partial charge in [0.15, 0.2) is 0 Å². The SMILES string of the molecule is C[CH-]C(C)C(C)Cc1ccccc1.[Y]. The second-order valence-electron chi connectivity index (χ2n) is 3.86. The smallest absolute Gasteiger partial charge is 0 e. The third-order valence-corrected chi connectivity index (χ3v) is 2.82. The molecule has 0 aliphatic carbocycles. The van der Waals surface area contributed by atoms with E-state index in [-0.39, 0.29) is 32.7 Å². The third kappa shape index (κ3) is 4.71. The molecule has 0 aromatic heterocycles. The quantitative estimate of drug-likeness (QED) is 0.727. The molecular formula is C13H19Y-. The molecule has 0 nitrogen and oxygen atoms in total. The summed E-state index contributed by atoms with van der Waals surface area (Å²) < 4.78 is 0. The number of rotatable bonds is 4. The Bertz CT molecular complexity index is 230. The van der Waals surface area contributed by atoms with Crippen molar-refractivity contribution in [2.75, 3.05) is 0 Å². The van der Waals surface area contributed by atoms with Crippen LogP contribution in [0.25, 0.3) is 0 Å². The van der Waals surface area contributed by atoms with Crippen molar-refractivity contribution in [1.82, 2.24) is 0 Å². The van der Waals surface area contributed by atoms with Crippen LogP contribution in [0.2, 0.25) is 0 Å². The van der Waals surface area contributed by atoms with Gasteiger partial charge in [0.05, 0.1) is 0 Å². The van der Waals surface area contributed by atoms with Gasteiger partial charge in [-0.25, -0.2) is 0 Å². The van der Waals surface area contributed by atoms with Crippen molar-refractivity contribution in [2.24, 2.45) is 11.8 Å². The van der Waals surface area contributed by atoms with Gasteiger partial charge < -0.3 is 6.42 Å². The van der Waals surface area contributed by atoms with E-state index in [1.807, 2.05) is 0 Å². The minimum atomic E-state index is 0. The maximum atomic E-state index is 2.32. The first-order chi connectivity index (χ1) is 6.24. The maximum absolute atomic E-state index is 2.32. The average Bonchev–Trinajstić information content (AvgIpc) is 2.18. The van der Waals surface area contributed by atoms with E-state index < -0.39 is 0 Å². The Morgan fingerprint density at radius 1 is 1.14 bits per heavy atom. The zero-order chi connectivity index (χ0) is 9.68. The second-order valence-corrected chi connectivity index (χ2v) is 3.86. The van der Waals surface area contributed by atoms with Gasteiger partial charge in [0, 0.05) is 32.7 Å². The normalized spacial score (nSPS) is 14.2. The predicted molar refractivity (Wildman–Crippen MR) is 58.4 cm³/mol. The molecule has 1 aromatic carbocycles. The molecule has 0 spiro atoms. The van der Waals surface area contributed by atoms with Crippen LogP contribution in [-0.4, -0.2) is 0 Å². The topological polar surface area (TPSA) is 0 Å². The number of hydrogen-bond acceptors (Lipinski definition) is 0. The van der Waals surface area contributed by atoms with Crippen molar-refractivity contribution in [3.05, 3.63) is 42.3 Å². The summed E-state index contributed by atoms with van der Waals surface area (Å²) >= 11 is 0. The Balaban J connectivity index is 0.00000169. The van der Waals surface area contributed by atoms with E-state index in [0.717, 1.165) is 5.92 Å². The van der Waals surface area contributed by atoms with Crippen LogP contribution in [0.3, 0.4) is 0 Å². The second kappa shape index (κ2) is 7.59. The van der Waals surface area contributed by atoms with Crippen LogP contribution in [0.5, 0.6) is 0 Å². The molecule has 0 saturated heterocycles. The van der Waals surface area contributed by atoms with E-state index in [1.165, 1.54) is 12.0 Å². The van der Waals surface area contributed by atoms with E-state index in [9.17, 15) is 0 Å². The molecule has 0 fully saturated rings. The molecule has 0 N–H and O–H groups in total. The number of hydrogen-bond donors (Lipinski definition) is 0. The van der Waals surface area contributed by atoms with Gasteiger partial charge in [0.2, 0.25) is 0 Å². The number of benzene rings is 1. The van der Waals surface area contributed by atoms with Crippen molar-refractivity contribution in [3.63, 3.8) is 0 Å². The Hall–Kier alpha value is 0.324. The first-order valence-electron chi connectivity index (χ1n) is 5.07. The van der Waals surface area contributed by atoms with Crippen molar-refractivity contribution in [2.45, 2.75) is 27.2 Å². The molecule has 0 amide bonds. The van der Waals surface area contributed by atoms with Gasteiger partial charge in [-0.05, 0) is 12.0 Å². The van der Waals surface area contributed by atoms with Crippen molar-refractivity contribution < 1.29 is 32.7 Å². The van der Waals surface area contributed by atoms with E-state index in [0.29, 0.717) is 5.92 Å². The molecule has 14 heavy (non-hydrogen) atoms.